The number of anilines is 1. The molecule has 0 radical (unpaired) electrons. The summed E-state index contributed by atoms with van der Waals surface area (Å²) < 4.78 is 5.29. The van der Waals surface area contributed by atoms with Gasteiger partial charge in [0.1, 0.15) is 5.75 Å². The van der Waals surface area contributed by atoms with E-state index in [-0.39, 0.29) is 5.91 Å². The van der Waals surface area contributed by atoms with Gasteiger partial charge in [0.05, 0.1) is 13.7 Å². The summed E-state index contributed by atoms with van der Waals surface area (Å²) >= 11 is 6.02. The standard InChI is InChI=1S/C21H26ClN3O2/c1-16-6-7-18(22)13-20(16)23-21(26)15-25-10-8-24(9-11-25)14-17-4-3-5-19(12-17)27-2/h3-7,12-13H,8-11,14-15H2,1-2H3,(H,23,26). The van der Waals surface area contributed by atoms with Crippen LogP contribution in [0.5, 0.6) is 5.75 Å². The van der Waals surface area contributed by atoms with Crippen LogP contribution in [0.3, 0.4) is 0 Å². The molecule has 0 spiro atoms. The molecule has 1 fully saturated rings. The molecule has 1 amide bonds. The Hall–Kier alpha value is -2.08. The van der Waals surface area contributed by atoms with E-state index in [9.17, 15) is 4.79 Å². The minimum absolute atomic E-state index is 0.00149. The number of carbonyl (C=O) groups is 1. The number of carbonyl (C=O) groups excluding carboxylic acids is 1. The van der Waals surface area contributed by atoms with Gasteiger partial charge in [-0.05, 0) is 42.3 Å². The van der Waals surface area contributed by atoms with E-state index < -0.39 is 0 Å². The second kappa shape index (κ2) is 9.22. The van der Waals surface area contributed by atoms with Gasteiger partial charge in [-0.3, -0.25) is 14.6 Å². The van der Waals surface area contributed by atoms with Crippen molar-refractivity contribution in [3.63, 3.8) is 0 Å². The number of nitrogens with zero attached hydrogens (tertiary/aromatic N) is 2. The summed E-state index contributed by atoms with van der Waals surface area (Å²) in [6, 6.07) is 13.7. The fraction of sp³-hybridized carbons (Fsp3) is 0.381. The SMILES string of the molecule is COc1cccc(CN2CCN(CC(=O)Nc3cc(Cl)ccc3C)CC2)c1. The van der Waals surface area contributed by atoms with E-state index in [4.69, 9.17) is 16.3 Å². The molecule has 1 aliphatic heterocycles. The van der Waals surface area contributed by atoms with Crippen molar-refractivity contribution >= 4 is 23.2 Å². The van der Waals surface area contributed by atoms with Crippen molar-refractivity contribution in [1.29, 1.82) is 0 Å². The van der Waals surface area contributed by atoms with Crippen LogP contribution in [0, 0.1) is 6.92 Å². The van der Waals surface area contributed by atoms with Crippen LogP contribution in [-0.2, 0) is 11.3 Å². The van der Waals surface area contributed by atoms with Crippen molar-refractivity contribution in [2.45, 2.75) is 13.5 Å². The highest BCUT2D eigenvalue weighted by Crippen LogP contribution is 2.20. The fourth-order valence-corrected chi connectivity index (χ4v) is 3.43. The predicted octanol–water partition coefficient (Wildman–Crippen LogP) is 3.41. The van der Waals surface area contributed by atoms with Crippen LogP contribution >= 0.6 is 11.6 Å². The van der Waals surface area contributed by atoms with Gasteiger partial charge in [0.15, 0.2) is 0 Å². The smallest absolute Gasteiger partial charge is 0.238 e. The molecule has 1 saturated heterocycles. The number of benzene rings is 2. The lowest BCUT2D eigenvalue weighted by Crippen LogP contribution is -2.48. The zero-order valence-corrected chi connectivity index (χ0v) is 16.6. The van der Waals surface area contributed by atoms with Crippen LogP contribution in [0.25, 0.3) is 0 Å². The van der Waals surface area contributed by atoms with Gasteiger partial charge in [-0.2, -0.15) is 0 Å². The highest BCUT2D eigenvalue weighted by molar-refractivity contribution is 6.31. The zero-order chi connectivity index (χ0) is 19.2. The Morgan fingerprint density at radius 1 is 1.11 bits per heavy atom. The molecule has 3 rings (SSSR count). The summed E-state index contributed by atoms with van der Waals surface area (Å²) in [5.74, 6) is 0.890. The molecule has 27 heavy (non-hydrogen) atoms. The Morgan fingerprint density at radius 2 is 1.85 bits per heavy atom. The first-order valence-corrected chi connectivity index (χ1v) is 9.55. The van der Waals surface area contributed by atoms with Gasteiger partial charge in [-0.25, -0.2) is 0 Å². The van der Waals surface area contributed by atoms with E-state index >= 15 is 0 Å². The number of piperazine rings is 1. The van der Waals surface area contributed by atoms with Crippen molar-refractivity contribution in [3.05, 3.63) is 58.6 Å². The first-order chi connectivity index (χ1) is 13.0. The van der Waals surface area contributed by atoms with E-state index in [2.05, 4.69) is 27.2 Å². The molecule has 2 aromatic carbocycles. The van der Waals surface area contributed by atoms with Crippen molar-refractivity contribution < 1.29 is 9.53 Å². The van der Waals surface area contributed by atoms with Crippen molar-refractivity contribution in [2.24, 2.45) is 0 Å². The lowest BCUT2D eigenvalue weighted by atomic mass is 10.2. The Balaban J connectivity index is 1.46. The van der Waals surface area contributed by atoms with Gasteiger partial charge in [0, 0.05) is 43.4 Å². The van der Waals surface area contributed by atoms with Gasteiger partial charge in [-0.15, -0.1) is 0 Å². The number of methoxy groups -OCH3 is 1. The topological polar surface area (TPSA) is 44.8 Å². The molecule has 1 aliphatic rings. The third-order valence-corrected chi connectivity index (χ3v) is 5.08. The number of nitrogens with one attached hydrogen (secondary N) is 1. The molecule has 0 aliphatic carbocycles. The van der Waals surface area contributed by atoms with E-state index in [1.54, 1.807) is 13.2 Å². The number of hydrogen-bond acceptors (Lipinski definition) is 4. The molecule has 144 valence electrons. The lowest BCUT2D eigenvalue weighted by Gasteiger charge is -2.34. The molecular weight excluding hydrogens is 362 g/mol. The molecule has 0 atom stereocenters. The summed E-state index contributed by atoms with van der Waals surface area (Å²) in [5.41, 5.74) is 3.04. The van der Waals surface area contributed by atoms with E-state index in [0.29, 0.717) is 11.6 Å². The maximum atomic E-state index is 12.4. The van der Waals surface area contributed by atoms with Crippen molar-refractivity contribution in [2.75, 3.05) is 45.2 Å². The fourth-order valence-electron chi connectivity index (χ4n) is 3.26. The molecular formula is C21H26ClN3O2. The van der Waals surface area contributed by atoms with Crippen LogP contribution in [0.4, 0.5) is 5.69 Å². The number of aryl methyl sites for hydroxylation is 1. The minimum Gasteiger partial charge on any atom is -0.497 e. The lowest BCUT2D eigenvalue weighted by molar-refractivity contribution is -0.117. The molecule has 5 nitrogen and oxygen atoms in total. The summed E-state index contributed by atoms with van der Waals surface area (Å²) in [6.07, 6.45) is 0. The predicted molar refractivity (Wildman–Crippen MR) is 110 cm³/mol. The molecule has 1 heterocycles. The maximum Gasteiger partial charge on any atom is 0.238 e. The van der Waals surface area contributed by atoms with Gasteiger partial charge in [-0.1, -0.05) is 29.8 Å². The summed E-state index contributed by atoms with van der Waals surface area (Å²) in [7, 11) is 1.69. The molecule has 0 bridgehead atoms. The van der Waals surface area contributed by atoms with E-state index in [1.165, 1.54) is 5.56 Å². The number of ether oxygens (including phenoxy) is 1. The summed E-state index contributed by atoms with van der Waals surface area (Å²) in [4.78, 5) is 17.0. The number of halogens is 1. The summed E-state index contributed by atoms with van der Waals surface area (Å²) in [6.45, 7) is 6.92. The Morgan fingerprint density at radius 3 is 2.59 bits per heavy atom. The highest BCUT2D eigenvalue weighted by atomic mass is 35.5. The normalized spacial score (nSPS) is 15.5. The van der Waals surface area contributed by atoms with Gasteiger partial charge < -0.3 is 10.1 Å². The monoisotopic (exact) mass is 387 g/mol. The third-order valence-electron chi connectivity index (χ3n) is 4.85. The number of hydrogen-bond donors (Lipinski definition) is 1. The maximum absolute atomic E-state index is 12.4. The van der Waals surface area contributed by atoms with Crippen LogP contribution in [0.2, 0.25) is 5.02 Å². The van der Waals surface area contributed by atoms with Crippen molar-refractivity contribution in [1.82, 2.24) is 9.80 Å². The van der Waals surface area contributed by atoms with E-state index in [0.717, 1.165) is 49.7 Å². The van der Waals surface area contributed by atoms with Gasteiger partial charge in [0.2, 0.25) is 5.91 Å². The Kier molecular flexibility index (Phi) is 6.72. The zero-order valence-electron chi connectivity index (χ0n) is 15.9. The van der Waals surface area contributed by atoms with E-state index in [1.807, 2.05) is 31.2 Å². The molecule has 2 aromatic rings. The van der Waals surface area contributed by atoms with Crippen LogP contribution in [0.1, 0.15) is 11.1 Å². The van der Waals surface area contributed by atoms with Crippen LogP contribution in [0.15, 0.2) is 42.5 Å². The molecule has 1 N–H and O–H groups in total. The molecule has 6 heteroatoms. The first-order valence-electron chi connectivity index (χ1n) is 9.17. The van der Waals surface area contributed by atoms with Crippen molar-refractivity contribution in [3.8, 4) is 5.75 Å². The van der Waals surface area contributed by atoms with Gasteiger partial charge in [0.25, 0.3) is 0 Å². The number of rotatable bonds is 6. The quantitative estimate of drug-likeness (QED) is 0.825. The molecule has 0 saturated carbocycles. The average Bonchev–Trinajstić information content (AvgIpc) is 2.66. The highest BCUT2D eigenvalue weighted by Gasteiger charge is 2.19. The largest absolute Gasteiger partial charge is 0.497 e. The second-order valence-electron chi connectivity index (χ2n) is 6.91. The van der Waals surface area contributed by atoms with Crippen LogP contribution < -0.4 is 10.1 Å². The van der Waals surface area contributed by atoms with Crippen LogP contribution in [-0.4, -0.2) is 55.5 Å². The first kappa shape index (κ1) is 19.7. The van der Waals surface area contributed by atoms with Gasteiger partial charge >= 0.3 is 0 Å². The molecule has 0 unspecified atom stereocenters. The second-order valence-corrected chi connectivity index (χ2v) is 7.35. The number of amides is 1. The Labute approximate surface area is 165 Å². The summed E-state index contributed by atoms with van der Waals surface area (Å²) in [5, 5.41) is 3.60. The minimum atomic E-state index is 0.00149. The third kappa shape index (κ3) is 5.70. The Bertz CT molecular complexity index is 789. The molecule has 0 aromatic heterocycles. The average molecular weight is 388 g/mol.